The van der Waals surface area contributed by atoms with E-state index in [1.807, 2.05) is 11.6 Å². The summed E-state index contributed by atoms with van der Waals surface area (Å²) < 4.78 is 13.2. The number of hydrogen-bond acceptors (Lipinski definition) is 4. The maximum absolute atomic E-state index is 6.21. The molecule has 1 aromatic rings. The van der Waals surface area contributed by atoms with Crippen molar-refractivity contribution in [1.29, 1.82) is 0 Å². The molecular weight excluding hydrogens is 298 g/mol. The molecule has 1 atom stereocenters. The molecule has 0 amide bonds. The molecule has 0 aliphatic heterocycles. The van der Waals surface area contributed by atoms with Crippen molar-refractivity contribution in [2.45, 2.75) is 32.4 Å². The molecule has 5 nitrogen and oxygen atoms in total. The monoisotopic (exact) mass is 319 g/mol. The molecular formula is C12H22BrN3O2. The Labute approximate surface area is 117 Å². The largest absolute Gasteiger partial charge is 0.383 e. The van der Waals surface area contributed by atoms with Gasteiger partial charge in [0.05, 0.1) is 29.5 Å². The molecule has 1 unspecified atom stereocenters. The van der Waals surface area contributed by atoms with Crippen molar-refractivity contribution in [1.82, 2.24) is 9.78 Å². The molecule has 0 spiro atoms. The molecule has 18 heavy (non-hydrogen) atoms. The first kappa shape index (κ1) is 15.6. The average molecular weight is 320 g/mol. The predicted molar refractivity (Wildman–Crippen MR) is 74.5 cm³/mol. The molecule has 0 aliphatic carbocycles. The van der Waals surface area contributed by atoms with E-state index >= 15 is 0 Å². The maximum Gasteiger partial charge on any atom is 0.0694 e. The van der Waals surface area contributed by atoms with Crippen LogP contribution in [0, 0.1) is 0 Å². The molecule has 0 bridgehead atoms. The van der Waals surface area contributed by atoms with Gasteiger partial charge in [-0.1, -0.05) is 0 Å². The number of rotatable bonds is 9. The fourth-order valence-corrected chi connectivity index (χ4v) is 2.37. The van der Waals surface area contributed by atoms with Crippen LogP contribution in [0.4, 0.5) is 0 Å². The van der Waals surface area contributed by atoms with Gasteiger partial charge < -0.3 is 15.2 Å². The minimum Gasteiger partial charge on any atom is -0.383 e. The summed E-state index contributed by atoms with van der Waals surface area (Å²) in [5, 5.41) is 4.30. The van der Waals surface area contributed by atoms with Gasteiger partial charge in [0.25, 0.3) is 0 Å². The van der Waals surface area contributed by atoms with Crippen molar-refractivity contribution in [3.63, 3.8) is 0 Å². The summed E-state index contributed by atoms with van der Waals surface area (Å²) in [7, 11) is 1.68. The van der Waals surface area contributed by atoms with E-state index in [-0.39, 0.29) is 6.04 Å². The number of methoxy groups -OCH3 is 1. The zero-order valence-electron chi connectivity index (χ0n) is 11.1. The summed E-state index contributed by atoms with van der Waals surface area (Å²) >= 11 is 3.50. The number of nitrogens with two attached hydrogens (primary N) is 1. The van der Waals surface area contributed by atoms with Crippen LogP contribution in [0.25, 0.3) is 0 Å². The second-order valence-corrected chi connectivity index (χ2v) is 4.89. The van der Waals surface area contributed by atoms with Crippen LogP contribution < -0.4 is 5.73 Å². The van der Waals surface area contributed by atoms with Crippen LogP contribution in [0.3, 0.4) is 0 Å². The molecule has 0 aliphatic rings. The summed E-state index contributed by atoms with van der Waals surface area (Å²) in [6.07, 6.45) is 3.63. The van der Waals surface area contributed by atoms with Gasteiger partial charge in [0.15, 0.2) is 0 Å². The fourth-order valence-electron chi connectivity index (χ4n) is 1.78. The number of hydrogen-bond donors (Lipinski definition) is 1. The standard InChI is InChI=1S/C12H22BrN3O2/c1-3-18-7-4-5-11(14)12-10(13)9-15-16(12)6-8-17-2/h9,11H,3-8,14H2,1-2H3. The van der Waals surface area contributed by atoms with Crippen molar-refractivity contribution in [2.75, 3.05) is 26.9 Å². The SMILES string of the molecule is CCOCCCC(N)c1c(Br)cnn1CCOC. The van der Waals surface area contributed by atoms with E-state index in [9.17, 15) is 0 Å². The van der Waals surface area contributed by atoms with Crippen molar-refractivity contribution >= 4 is 15.9 Å². The van der Waals surface area contributed by atoms with Crippen LogP contribution in [0.5, 0.6) is 0 Å². The van der Waals surface area contributed by atoms with Crippen LogP contribution in [-0.4, -0.2) is 36.7 Å². The van der Waals surface area contributed by atoms with Crippen LogP contribution in [0.15, 0.2) is 10.7 Å². The van der Waals surface area contributed by atoms with Gasteiger partial charge in [-0.25, -0.2) is 0 Å². The summed E-state index contributed by atoms with van der Waals surface area (Å²) in [5.41, 5.74) is 7.24. The van der Waals surface area contributed by atoms with E-state index in [2.05, 4.69) is 21.0 Å². The highest BCUT2D eigenvalue weighted by Gasteiger charge is 2.16. The molecule has 0 fully saturated rings. The lowest BCUT2D eigenvalue weighted by molar-refractivity contribution is 0.141. The van der Waals surface area contributed by atoms with Gasteiger partial charge in [0.1, 0.15) is 0 Å². The van der Waals surface area contributed by atoms with E-state index in [0.717, 1.165) is 42.8 Å². The normalized spacial score (nSPS) is 12.9. The number of halogens is 1. The third kappa shape index (κ3) is 4.68. The van der Waals surface area contributed by atoms with E-state index in [4.69, 9.17) is 15.2 Å². The summed E-state index contributed by atoms with van der Waals surface area (Å²) in [5.74, 6) is 0. The van der Waals surface area contributed by atoms with Gasteiger partial charge in [-0.05, 0) is 35.7 Å². The van der Waals surface area contributed by atoms with E-state index in [1.54, 1.807) is 13.3 Å². The Morgan fingerprint density at radius 1 is 1.50 bits per heavy atom. The van der Waals surface area contributed by atoms with Gasteiger partial charge in [-0.2, -0.15) is 5.10 Å². The van der Waals surface area contributed by atoms with E-state index in [1.165, 1.54) is 0 Å². The Hall–Kier alpha value is -0.430. The second kappa shape index (κ2) is 8.63. The predicted octanol–water partition coefficient (Wildman–Crippen LogP) is 2.11. The Balaban J connectivity index is 2.54. The van der Waals surface area contributed by atoms with Gasteiger partial charge in [0, 0.05) is 26.4 Å². The topological polar surface area (TPSA) is 62.3 Å². The Kier molecular flexibility index (Phi) is 7.50. The van der Waals surface area contributed by atoms with Crippen LogP contribution in [-0.2, 0) is 16.0 Å². The molecule has 0 saturated heterocycles. The Morgan fingerprint density at radius 2 is 2.28 bits per heavy atom. The van der Waals surface area contributed by atoms with Crippen molar-refractivity contribution in [3.8, 4) is 0 Å². The smallest absolute Gasteiger partial charge is 0.0694 e. The van der Waals surface area contributed by atoms with Crippen LogP contribution in [0.1, 0.15) is 31.5 Å². The lowest BCUT2D eigenvalue weighted by atomic mass is 10.1. The molecule has 1 aromatic heterocycles. The minimum atomic E-state index is -0.0285. The van der Waals surface area contributed by atoms with Crippen molar-refractivity contribution in [2.24, 2.45) is 5.73 Å². The third-order valence-electron chi connectivity index (χ3n) is 2.70. The van der Waals surface area contributed by atoms with Crippen LogP contribution in [0.2, 0.25) is 0 Å². The zero-order valence-corrected chi connectivity index (χ0v) is 12.6. The fraction of sp³-hybridized carbons (Fsp3) is 0.750. The molecule has 6 heteroatoms. The van der Waals surface area contributed by atoms with Crippen LogP contribution >= 0.6 is 15.9 Å². The Bertz CT molecular complexity index is 344. The summed E-state index contributed by atoms with van der Waals surface area (Å²) in [6.45, 7) is 4.86. The number of nitrogens with zero attached hydrogens (tertiary/aromatic N) is 2. The first-order valence-electron chi connectivity index (χ1n) is 6.24. The van der Waals surface area contributed by atoms with E-state index < -0.39 is 0 Å². The molecule has 2 N–H and O–H groups in total. The number of ether oxygens (including phenoxy) is 2. The zero-order chi connectivity index (χ0) is 13.4. The average Bonchev–Trinajstić information content (AvgIpc) is 2.73. The van der Waals surface area contributed by atoms with Gasteiger partial charge in [-0.15, -0.1) is 0 Å². The minimum absolute atomic E-state index is 0.0285. The first-order valence-corrected chi connectivity index (χ1v) is 7.03. The van der Waals surface area contributed by atoms with Gasteiger partial charge >= 0.3 is 0 Å². The van der Waals surface area contributed by atoms with Gasteiger partial charge in [0.2, 0.25) is 0 Å². The molecule has 1 heterocycles. The van der Waals surface area contributed by atoms with Gasteiger partial charge in [-0.3, -0.25) is 4.68 Å². The summed E-state index contributed by atoms with van der Waals surface area (Å²) in [6, 6.07) is -0.0285. The highest BCUT2D eigenvalue weighted by atomic mass is 79.9. The highest BCUT2D eigenvalue weighted by Crippen LogP contribution is 2.24. The number of aromatic nitrogens is 2. The molecule has 0 radical (unpaired) electrons. The second-order valence-electron chi connectivity index (χ2n) is 4.04. The highest BCUT2D eigenvalue weighted by molar-refractivity contribution is 9.10. The van der Waals surface area contributed by atoms with Crippen molar-refractivity contribution < 1.29 is 9.47 Å². The molecule has 0 aromatic carbocycles. The van der Waals surface area contributed by atoms with E-state index in [0.29, 0.717) is 6.61 Å². The summed E-state index contributed by atoms with van der Waals surface area (Å²) in [4.78, 5) is 0. The van der Waals surface area contributed by atoms with Crippen molar-refractivity contribution in [3.05, 3.63) is 16.4 Å². The Morgan fingerprint density at radius 3 is 2.94 bits per heavy atom. The maximum atomic E-state index is 6.21. The lowest BCUT2D eigenvalue weighted by Gasteiger charge is -2.15. The quantitative estimate of drug-likeness (QED) is 0.708. The molecule has 104 valence electrons. The lowest BCUT2D eigenvalue weighted by Crippen LogP contribution is -2.19. The molecule has 0 saturated carbocycles. The third-order valence-corrected chi connectivity index (χ3v) is 3.31. The molecule has 1 rings (SSSR count). The first-order chi connectivity index (χ1) is 8.70.